The first-order valence-electron chi connectivity index (χ1n) is 8.16. The number of carbonyl (C=O) groups is 1. The van der Waals surface area contributed by atoms with Crippen molar-refractivity contribution in [3.8, 4) is 11.5 Å². The second-order valence-corrected chi connectivity index (χ2v) is 6.87. The molecule has 0 aromatic heterocycles. The van der Waals surface area contributed by atoms with Crippen LogP contribution in [0.3, 0.4) is 0 Å². The molecule has 1 aliphatic heterocycles. The molecule has 2 aromatic carbocycles. The average molecular weight is 402 g/mol. The number of halogens is 1. The van der Waals surface area contributed by atoms with Crippen molar-refractivity contribution < 1.29 is 14.3 Å². The molecule has 1 amide bonds. The van der Waals surface area contributed by atoms with Crippen molar-refractivity contribution in [1.29, 1.82) is 0 Å². The van der Waals surface area contributed by atoms with Gasteiger partial charge in [-0.1, -0.05) is 34.1 Å². The fourth-order valence-corrected chi connectivity index (χ4v) is 3.21. The number of para-hydroxylation sites is 1. The number of hydrogen-bond donors (Lipinski definition) is 1. The van der Waals surface area contributed by atoms with E-state index in [4.69, 9.17) is 9.47 Å². The third kappa shape index (κ3) is 4.63. The van der Waals surface area contributed by atoms with Crippen LogP contribution in [0.15, 0.2) is 53.0 Å². The first-order chi connectivity index (χ1) is 12.2. The summed E-state index contributed by atoms with van der Waals surface area (Å²) < 4.78 is 12.0. The second kappa shape index (κ2) is 8.21. The van der Waals surface area contributed by atoms with E-state index in [-0.39, 0.29) is 11.8 Å². The molecule has 1 unspecified atom stereocenters. The van der Waals surface area contributed by atoms with Crippen molar-refractivity contribution in [3.63, 3.8) is 0 Å². The van der Waals surface area contributed by atoms with Crippen molar-refractivity contribution in [2.24, 2.45) is 5.92 Å². The van der Waals surface area contributed by atoms with Gasteiger partial charge in [0.1, 0.15) is 11.5 Å². The average Bonchev–Trinajstić information content (AvgIpc) is 2.64. The van der Waals surface area contributed by atoms with Gasteiger partial charge in [-0.05, 0) is 42.3 Å². The molecule has 3 rings (SSSR count). The van der Waals surface area contributed by atoms with E-state index in [1.807, 2.05) is 36.4 Å². The van der Waals surface area contributed by atoms with Gasteiger partial charge in [-0.25, -0.2) is 0 Å². The fraction of sp³-hybridized carbons (Fsp3) is 0.250. The summed E-state index contributed by atoms with van der Waals surface area (Å²) in [5.74, 6) is 1.84. The molecule has 130 valence electrons. The summed E-state index contributed by atoms with van der Waals surface area (Å²) in [7, 11) is 1.61. The van der Waals surface area contributed by atoms with E-state index in [2.05, 4.69) is 27.3 Å². The number of rotatable bonds is 5. The summed E-state index contributed by atoms with van der Waals surface area (Å²) >= 11 is 3.42. The normalized spacial score (nSPS) is 16.2. The van der Waals surface area contributed by atoms with Crippen LogP contribution in [0.4, 0.5) is 0 Å². The van der Waals surface area contributed by atoms with Crippen LogP contribution >= 0.6 is 15.9 Å². The van der Waals surface area contributed by atoms with Gasteiger partial charge in [-0.2, -0.15) is 0 Å². The number of benzene rings is 2. The lowest BCUT2D eigenvalue weighted by atomic mass is 9.97. The van der Waals surface area contributed by atoms with Crippen LogP contribution in [0.1, 0.15) is 11.1 Å². The topological polar surface area (TPSA) is 47.6 Å². The fourth-order valence-electron chi connectivity index (χ4n) is 2.83. The maximum absolute atomic E-state index is 12.1. The van der Waals surface area contributed by atoms with Crippen molar-refractivity contribution in [2.75, 3.05) is 20.3 Å². The predicted octanol–water partition coefficient (Wildman–Crippen LogP) is 3.84. The number of amides is 1. The first kappa shape index (κ1) is 17.5. The van der Waals surface area contributed by atoms with Crippen LogP contribution in [0.5, 0.6) is 11.5 Å². The largest absolute Gasteiger partial charge is 0.496 e. The van der Waals surface area contributed by atoms with Crippen LogP contribution in [0, 0.1) is 5.92 Å². The van der Waals surface area contributed by atoms with Crippen LogP contribution in [0.25, 0.3) is 6.08 Å². The van der Waals surface area contributed by atoms with E-state index in [1.165, 1.54) is 11.6 Å². The monoisotopic (exact) mass is 401 g/mol. The van der Waals surface area contributed by atoms with Gasteiger partial charge in [0.15, 0.2) is 0 Å². The molecule has 0 saturated carbocycles. The number of methoxy groups -OCH3 is 1. The number of fused-ring (bicyclic) bond motifs is 1. The van der Waals surface area contributed by atoms with Crippen molar-refractivity contribution in [3.05, 3.63) is 64.1 Å². The Labute approximate surface area is 156 Å². The molecule has 5 heteroatoms. The second-order valence-electron chi connectivity index (χ2n) is 5.95. The third-order valence-electron chi connectivity index (χ3n) is 4.13. The molecular weight excluding hydrogens is 382 g/mol. The first-order valence-corrected chi connectivity index (χ1v) is 8.95. The number of ether oxygens (including phenoxy) is 2. The lowest BCUT2D eigenvalue weighted by Gasteiger charge is -2.25. The van der Waals surface area contributed by atoms with E-state index in [9.17, 15) is 4.79 Å². The minimum atomic E-state index is -0.124. The van der Waals surface area contributed by atoms with Gasteiger partial charge < -0.3 is 14.8 Å². The predicted molar refractivity (Wildman–Crippen MR) is 102 cm³/mol. The highest BCUT2D eigenvalue weighted by Crippen LogP contribution is 2.26. The van der Waals surface area contributed by atoms with Gasteiger partial charge in [0.2, 0.25) is 5.91 Å². The van der Waals surface area contributed by atoms with Crippen LogP contribution < -0.4 is 14.8 Å². The SMILES string of the molecule is COc1ccc(Br)cc1/C=C/C(=O)NCC1COc2ccccc2C1. The quantitative estimate of drug-likeness (QED) is 0.774. The Morgan fingerprint density at radius 3 is 3.04 bits per heavy atom. The summed E-state index contributed by atoms with van der Waals surface area (Å²) in [5, 5.41) is 2.95. The van der Waals surface area contributed by atoms with E-state index in [0.717, 1.165) is 28.0 Å². The molecule has 0 spiro atoms. The number of hydrogen-bond acceptors (Lipinski definition) is 3. The lowest BCUT2D eigenvalue weighted by molar-refractivity contribution is -0.116. The van der Waals surface area contributed by atoms with Crippen molar-refractivity contribution >= 4 is 27.9 Å². The van der Waals surface area contributed by atoms with Crippen LogP contribution in [0.2, 0.25) is 0 Å². The lowest BCUT2D eigenvalue weighted by Crippen LogP contribution is -2.33. The molecule has 0 radical (unpaired) electrons. The molecule has 2 aromatic rings. The molecule has 1 N–H and O–H groups in total. The summed E-state index contributed by atoms with van der Waals surface area (Å²) in [6, 6.07) is 13.7. The number of nitrogens with one attached hydrogen (secondary N) is 1. The maximum atomic E-state index is 12.1. The Kier molecular flexibility index (Phi) is 5.76. The maximum Gasteiger partial charge on any atom is 0.244 e. The van der Waals surface area contributed by atoms with Gasteiger partial charge >= 0.3 is 0 Å². The summed E-state index contributed by atoms with van der Waals surface area (Å²) in [4.78, 5) is 12.1. The van der Waals surface area contributed by atoms with E-state index in [1.54, 1.807) is 13.2 Å². The molecule has 1 heterocycles. The smallest absolute Gasteiger partial charge is 0.244 e. The zero-order valence-corrected chi connectivity index (χ0v) is 15.6. The van der Waals surface area contributed by atoms with Gasteiger partial charge in [0.05, 0.1) is 13.7 Å². The summed E-state index contributed by atoms with van der Waals surface area (Å²) in [5.41, 5.74) is 2.05. The summed E-state index contributed by atoms with van der Waals surface area (Å²) in [6.45, 7) is 1.22. The molecule has 25 heavy (non-hydrogen) atoms. The van der Waals surface area contributed by atoms with Gasteiger partial charge in [-0.15, -0.1) is 0 Å². The summed E-state index contributed by atoms with van der Waals surface area (Å²) in [6.07, 6.45) is 4.20. The third-order valence-corrected chi connectivity index (χ3v) is 4.62. The molecular formula is C20H20BrNO3. The van der Waals surface area contributed by atoms with Crippen molar-refractivity contribution in [2.45, 2.75) is 6.42 Å². The highest BCUT2D eigenvalue weighted by atomic mass is 79.9. The van der Waals surface area contributed by atoms with Crippen LogP contribution in [-0.2, 0) is 11.2 Å². The Balaban J connectivity index is 1.54. The zero-order chi connectivity index (χ0) is 17.6. The molecule has 1 atom stereocenters. The molecule has 1 aliphatic rings. The van der Waals surface area contributed by atoms with E-state index in [0.29, 0.717) is 13.2 Å². The zero-order valence-electron chi connectivity index (χ0n) is 14.0. The van der Waals surface area contributed by atoms with E-state index >= 15 is 0 Å². The van der Waals surface area contributed by atoms with Gasteiger partial charge in [0.25, 0.3) is 0 Å². The molecule has 0 aliphatic carbocycles. The highest BCUT2D eigenvalue weighted by Gasteiger charge is 2.19. The molecule has 0 bridgehead atoms. The Hall–Kier alpha value is -2.27. The standard InChI is InChI=1S/C20H20BrNO3/c1-24-18-8-7-17(21)11-16(18)6-9-20(23)22-12-14-10-15-4-2-3-5-19(15)25-13-14/h2-9,11,14H,10,12-13H2,1H3,(H,22,23)/b9-6+. The Bertz CT molecular complexity index is 788. The Morgan fingerprint density at radius 2 is 2.20 bits per heavy atom. The van der Waals surface area contributed by atoms with Crippen molar-refractivity contribution in [1.82, 2.24) is 5.32 Å². The Morgan fingerprint density at radius 1 is 1.36 bits per heavy atom. The van der Waals surface area contributed by atoms with E-state index < -0.39 is 0 Å². The van der Waals surface area contributed by atoms with Gasteiger partial charge in [0, 0.05) is 28.6 Å². The van der Waals surface area contributed by atoms with Gasteiger partial charge in [-0.3, -0.25) is 4.79 Å². The minimum Gasteiger partial charge on any atom is -0.496 e. The minimum absolute atomic E-state index is 0.124. The van der Waals surface area contributed by atoms with Crippen LogP contribution in [-0.4, -0.2) is 26.2 Å². The molecule has 0 fully saturated rings. The molecule has 0 saturated heterocycles. The number of carbonyl (C=O) groups excluding carboxylic acids is 1. The molecule has 4 nitrogen and oxygen atoms in total. The highest BCUT2D eigenvalue weighted by molar-refractivity contribution is 9.10.